The van der Waals surface area contributed by atoms with Gasteiger partial charge in [0.25, 0.3) is 0 Å². The van der Waals surface area contributed by atoms with Gasteiger partial charge in [0.05, 0.1) is 11.4 Å². The van der Waals surface area contributed by atoms with Gasteiger partial charge in [0.2, 0.25) is 15.3 Å². The molecule has 1 aromatic carbocycles. The van der Waals surface area contributed by atoms with Crippen molar-refractivity contribution in [3.8, 4) is 0 Å². The molecule has 1 heterocycles. The Morgan fingerprint density at radius 2 is 1.91 bits per heavy atom. The number of benzene rings is 1. The first kappa shape index (κ1) is 17.1. The highest BCUT2D eigenvalue weighted by molar-refractivity contribution is 7.89. The van der Waals surface area contributed by atoms with E-state index < -0.39 is 15.3 Å². The third-order valence-electron chi connectivity index (χ3n) is 3.15. The summed E-state index contributed by atoms with van der Waals surface area (Å²) in [4.78, 5) is 12.4. The monoisotopic (exact) mass is 357 g/mol. The van der Waals surface area contributed by atoms with Crippen LogP contribution in [0.2, 0.25) is 0 Å². The lowest BCUT2D eigenvalue weighted by atomic mass is 10.2. The summed E-state index contributed by atoms with van der Waals surface area (Å²) in [7, 11) is -3.73. The Morgan fingerprint density at radius 3 is 2.45 bits per heavy atom. The smallest absolute Gasteiger partial charge is 0.243 e. The molecule has 2 aromatic rings. The van der Waals surface area contributed by atoms with Gasteiger partial charge in [-0.15, -0.1) is 11.3 Å². The molecule has 0 aliphatic heterocycles. The number of hydrogen-bond donors (Lipinski definition) is 0. The average Bonchev–Trinajstić information content (AvgIpc) is 2.96. The fourth-order valence-electron chi connectivity index (χ4n) is 1.97. The largest absolute Gasteiger partial charge is 0.280 e. The molecule has 0 radical (unpaired) electrons. The minimum absolute atomic E-state index is 0.169. The molecule has 1 aromatic heterocycles. The molecule has 0 saturated carbocycles. The second-order valence-corrected chi connectivity index (χ2v) is 8.23. The van der Waals surface area contributed by atoms with Gasteiger partial charge in [-0.2, -0.15) is 4.31 Å². The van der Waals surface area contributed by atoms with Gasteiger partial charge in [-0.25, -0.2) is 8.42 Å². The lowest BCUT2D eigenvalue weighted by molar-refractivity contribution is -0.111. The first-order chi connectivity index (χ1) is 10.4. The van der Waals surface area contributed by atoms with Crippen LogP contribution in [-0.4, -0.2) is 31.1 Å². The Bertz CT molecular complexity index is 725. The second-order valence-electron chi connectivity index (χ2n) is 4.84. The minimum atomic E-state index is -3.73. The molecule has 4 nitrogen and oxygen atoms in total. The number of hydrogen-bond acceptors (Lipinski definition) is 4. The Kier molecular flexibility index (Phi) is 5.74. The number of halogens is 1. The van der Waals surface area contributed by atoms with Crippen molar-refractivity contribution >= 4 is 38.2 Å². The van der Waals surface area contributed by atoms with E-state index in [2.05, 4.69) is 0 Å². The Balaban J connectivity index is 2.22. The molecule has 0 bridgehead atoms. The third kappa shape index (κ3) is 4.39. The van der Waals surface area contributed by atoms with Gasteiger partial charge >= 0.3 is 0 Å². The third-order valence-corrected chi connectivity index (χ3v) is 6.06. The molecule has 0 N–H and O–H groups in total. The number of sulfonamides is 1. The van der Waals surface area contributed by atoms with E-state index in [0.29, 0.717) is 6.42 Å². The summed E-state index contributed by atoms with van der Waals surface area (Å²) < 4.78 is 26.4. The zero-order chi connectivity index (χ0) is 16.2. The summed E-state index contributed by atoms with van der Waals surface area (Å²) in [5.74, 6) is 0. The van der Waals surface area contributed by atoms with E-state index in [0.717, 1.165) is 14.7 Å². The number of carbonyl (C=O) groups is 1. The van der Waals surface area contributed by atoms with Gasteiger partial charge in [-0.1, -0.05) is 23.8 Å². The molecule has 118 valence electrons. The van der Waals surface area contributed by atoms with Crippen molar-refractivity contribution in [3.05, 3.63) is 52.2 Å². The summed E-state index contributed by atoms with van der Waals surface area (Å²) in [6, 6.07) is 10.4. The fourth-order valence-corrected chi connectivity index (χ4v) is 4.28. The molecule has 0 aliphatic carbocycles. The predicted molar refractivity (Wildman–Crippen MR) is 88.8 cm³/mol. The topological polar surface area (TPSA) is 54.5 Å². The quantitative estimate of drug-likeness (QED) is 0.715. The normalized spacial score (nSPS) is 11.8. The maximum Gasteiger partial charge on any atom is 0.243 e. The highest BCUT2D eigenvalue weighted by atomic mass is 35.5. The van der Waals surface area contributed by atoms with Crippen LogP contribution in [-0.2, 0) is 21.2 Å². The summed E-state index contributed by atoms with van der Waals surface area (Å²) in [5.41, 5.74) is 0.970. The van der Waals surface area contributed by atoms with Crippen LogP contribution < -0.4 is 0 Å². The molecule has 22 heavy (non-hydrogen) atoms. The van der Waals surface area contributed by atoms with Gasteiger partial charge in [0.15, 0.2) is 0 Å². The highest BCUT2D eigenvalue weighted by Gasteiger charge is 2.25. The second kappa shape index (κ2) is 7.37. The van der Waals surface area contributed by atoms with Crippen molar-refractivity contribution < 1.29 is 13.2 Å². The van der Waals surface area contributed by atoms with Crippen molar-refractivity contribution in [3.63, 3.8) is 0 Å². The molecule has 0 saturated heterocycles. The molecule has 0 spiro atoms. The van der Waals surface area contributed by atoms with Crippen LogP contribution in [0, 0.1) is 6.92 Å². The van der Waals surface area contributed by atoms with Crippen LogP contribution in [0.3, 0.4) is 0 Å². The standard InChI is InChI=1S/C15H16ClNO3S2/c1-12-4-6-14(7-5-12)22(19,20)17(11-15(16)18)9-8-13-3-2-10-21-13/h2-7,10H,8-9,11H2,1H3. The summed E-state index contributed by atoms with van der Waals surface area (Å²) >= 11 is 6.96. The first-order valence-corrected chi connectivity index (χ1v) is 9.37. The van der Waals surface area contributed by atoms with Crippen molar-refractivity contribution in [2.24, 2.45) is 0 Å². The molecule has 0 amide bonds. The molecule has 0 unspecified atom stereocenters. The summed E-state index contributed by atoms with van der Waals surface area (Å²) in [6.07, 6.45) is 0.549. The van der Waals surface area contributed by atoms with E-state index in [1.165, 1.54) is 0 Å². The van der Waals surface area contributed by atoms with E-state index in [4.69, 9.17) is 11.6 Å². The Hall–Kier alpha value is -1.21. The maximum absolute atomic E-state index is 12.7. The number of thiophene rings is 1. The lowest BCUT2D eigenvalue weighted by Crippen LogP contribution is -2.36. The van der Waals surface area contributed by atoms with Gasteiger partial charge in [0.1, 0.15) is 0 Å². The molecule has 2 rings (SSSR count). The van der Waals surface area contributed by atoms with E-state index in [1.807, 2.05) is 24.4 Å². The minimum Gasteiger partial charge on any atom is -0.280 e. The SMILES string of the molecule is Cc1ccc(S(=O)(=O)N(CCc2cccs2)CC(=O)Cl)cc1. The van der Waals surface area contributed by atoms with Crippen LogP contribution >= 0.6 is 22.9 Å². The molecule has 0 atom stereocenters. The van der Waals surface area contributed by atoms with Gasteiger partial charge in [-0.05, 0) is 48.5 Å². The number of nitrogens with zero attached hydrogens (tertiary/aromatic N) is 1. The average molecular weight is 358 g/mol. The summed E-state index contributed by atoms with van der Waals surface area (Å²) in [6.45, 7) is 1.77. The first-order valence-electron chi connectivity index (χ1n) is 6.67. The van der Waals surface area contributed by atoms with Gasteiger partial charge < -0.3 is 0 Å². The molecular formula is C15H16ClNO3S2. The summed E-state index contributed by atoms with van der Waals surface area (Å²) in [5, 5.41) is 1.24. The van der Waals surface area contributed by atoms with E-state index in [1.54, 1.807) is 35.6 Å². The van der Waals surface area contributed by atoms with Crippen molar-refractivity contribution in [1.82, 2.24) is 4.31 Å². The molecular weight excluding hydrogens is 342 g/mol. The predicted octanol–water partition coefficient (Wildman–Crippen LogP) is 3.06. The van der Waals surface area contributed by atoms with E-state index in [9.17, 15) is 13.2 Å². The number of rotatable bonds is 7. The van der Waals surface area contributed by atoms with Crippen molar-refractivity contribution in [2.75, 3.05) is 13.1 Å². The Morgan fingerprint density at radius 1 is 1.23 bits per heavy atom. The van der Waals surface area contributed by atoms with E-state index in [-0.39, 0.29) is 18.0 Å². The molecule has 0 fully saturated rings. The zero-order valence-corrected chi connectivity index (χ0v) is 14.4. The van der Waals surface area contributed by atoms with Gasteiger partial charge in [0, 0.05) is 11.4 Å². The highest BCUT2D eigenvalue weighted by Crippen LogP contribution is 2.18. The number of carbonyl (C=O) groups excluding carboxylic acids is 1. The lowest BCUT2D eigenvalue weighted by Gasteiger charge is -2.20. The van der Waals surface area contributed by atoms with Crippen LogP contribution in [0.25, 0.3) is 0 Å². The van der Waals surface area contributed by atoms with Crippen LogP contribution in [0.1, 0.15) is 10.4 Å². The van der Waals surface area contributed by atoms with Crippen molar-refractivity contribution in [2.45, 2.75) is 18.2 Å². The molecule has 0 aliphatic rings. The van der Waals surface area contributed by atoms with E-state index >= 15 is 0 Å². The van der Waals surface area contributed by atoms with Gasteiger partial charge in [-0.3, -0.25) is 4.79 Å². The molecule has 7 heteroatoms. The maximum atomic E-state index is 12.7. The van der Waals surface area contributed by atoms with Crippen LogP contribution in [0.15, 0.2) is 46.7 Å². The fraction of sp³-hybridized carbons (Fsp3) is 0.267. The Labute approximate surface area is 139 Å². The van der Waals surface area contributed by atoms with Crippen LogP contribution in [0.5, 0.6) is 0 Å². The van der Waals surface area contributed by atoms with Crippen molar-refractivity contribution in [1.29, 1.82) is 0 Å². The van der Waals surface area contributed by atoms with Crippen LogP contribution in [0.4, 0.5) is 0 Å². The number of aryl methyl sites for hydroxylation is 1. The zero-order valence-electron chi connectivity index (χ0n) is 12.0.